The van der Waals surface area contributed by atoms with E-state index >= 15 is 0 Å². The van der Waals surface area contributed by atoms with Crippen LogP contribution in [0.3, 0.4) is 0 Å². The zero-order valence-electron chi connectivity index (χ0n) is 12.5. The monoisotopic (exact) mass is 292 g/mol. The number of hydrogen-bond acceptors (Lipinski definition) is 2. The minimum atomic E-state index is -1.70. The van der Waals surface area contributed by atoms with E-state index in [0.29, 0.717) is 11.3 Å². The Kier molecular flexibility index (Phi) is 4.01. The minimum Gasteiger partial charge on any atom is -0.496 e. The van der Waals surface area contributed by atoms with Crippen molar-refractivity contribution >= 4 is 0 Å². The number of aryl methyl sites for hydroxylation is 2. The molecule has 1 N–H and O–H groups in total. The average molecular weight is 292 g/mol. The predicted molar refractivity (Wildman–Crippen MR) is 77.5 cm³/mol. The Morgan fingerprint density at radius 2 is 1.81 bits per heavy atom. The molecule has 0 spiro atoms. The van der Waals surface area contributed by atoms with Crippen molar-refractivity contribution in [3.05, 3.63) is 64.2 Å². The van der Waals surface area contributed by atoms with Crippen LogP contribution in [0, 0.1) is 25.5 Å². The van der Waals surface area contributed by atoms with E-state index < -0.39 is 17.2 Å². The van der Waals surface area contributed by atoms with Crippen LogP contribution in [0.2, 0.25) is 0 Å². The predicted octanol–water partition coefficient (Wildman–Crippen LogP) is 3.85. The molecule has 21 heavy (non-hydrogen) atoms. The first-order valence-electron chi connectivity index (χ1n) is 6.61. The number of hydrogen-bond donors (Lipinski definition) is 1. The number of rotatable bonds is 3. The quantitative estimate of drug-likeness (QED) is 0.931. The van der Waals surface area contributed by atoms with Crippen molar-refractivity contribution in [1.29, 1.82) is 0 Å². The SMILES string of the molecule is COc1cc(C)cc(C)c1C(C)(O)c1cccc(F)c1F. The Hall–Kier alpha value is -1.94. The summed E-state index contributed by atoms with van der Waals surface area (Å²) >= 11 is 0. The highest BCUT2D eigenvalue weighted by molar-refractivity contribution is 5.50. The molecule has 2 rings (SSSR count). The molecular weight excluding hydrogens is 274 g/mol. The molecule has 2 aromatic rings. The lowest BCUT2D eigenvalue weighted by molar-refractivity contribution is 0.0931. The summed E-state index contributed by atoms with van der Waals surface area (Å²) in [5, 5.41) is 10.9. The summed E-state index contributed by atoms with van der Waals surface area (Å²) in [5.74, 6) is -1.60. The van der Waals surface area contributed by atoms with Gasteiger partial charge in [-0.05, 0) is 44.0 Å². The third kappa shape index (κ3) is 2.63. The molecule has 2 aromatic carbocycles. The van der Waals surface area contributed by atoms with Gasteiger partial charge in [-0.2, -0.15) is 0 Å². The van der Waals surface area contributed by atoms with Crippen LogP contribution in [0.4, 0.5) is 8.78 Å². The van der Waals surface area contributed by atoms with Crippen molar-refractivity contribution in [2.75, 3.05) is 7.11 Å². The summed E-state index contributed by atoms with van der Waals surface area (Å²) in [4.78, 5) is 0. The average Bonchev–Trinajstić information content (AvgIpc) is 2.40. The van der Waals surface area contributed by atoms with Crippen LogP contribution >= 0.6 is 0 Å². The topological polar surface area (TPSA) is 29.5 Å². The molecule has 4 heteroatoms. The summed E-state index contributed by atoms with van der Waals surface area (Å²) < 4.78 is 32.8. The van der Waals surface area contributed by atoms with Crippen molar-refractivity contribution < 1.29 is 18.6 Å². The molecular formula is C17H18F2O2. The lowest BCUT2D eigenvalue weighted by atomic mass is 9.84. The van der Waals surface area contributed by atoms with Gasteiger partial charge >= 0.3 is 0 Å². The maximum atomic E-state index is 14.1. The van der Waals surface area contributed by atoms with E-state index in [1.54, 1.807) is 13.0 Å². The highest BCUT2D eigenvalue weighted by Crippen LogP contribution is 2.39. The molecule has 0 aliphatic rings. The van der Waals surface area contributed by atoms with Crippen LogP contribution in [0.25, 0.3) is 0 Å². The Balaban J connectivity index is 2.72. The number of halogens is 2. The van der Waals surface area contributed by atoms with E-state index in [2.05, 4.69) is 0 Å². The second-order valence-electron chi connectivity index (χ2n) is 5.33. The Morgan fingerprint density at radius 3 is 2.43 bits per heavy atom. The molecule has 0 aliphatic heterocycles. The number of aliphatic hydroxyl groups is 1. The summed E-state index contributed by atoms with van der Waals surface area (Å²) in [6.45, 7) is 5.14. The molecule has 0 aromatic heterocycles. The van der Waals surface area contributed by atoms with Crippen LogP contribution in [0.15, 0.2) is 30.3 Å². The highest BCUT2D eigenvalue weighted by Gasteiger charge is 2.34. The first kappa shape index (κ1) is 15.4. The molecule has 0 fully saturated rings. The molecule has 0 saturated carbocycles. The van der Waals surface area contributed by atoms with Gasteiger partial charge in [0.25, 0.3) is 0 Å². The van der Waals surface area contributed by atoms with Gasteiger partial charge in [-0.1, -0.05) is 18.2 Å². The van der Waals surface area contributed by atoms with E-state index in [4.69, 9.17) is 4.74 Å². The molecule has 1 unspecified atom stereocenters. The van der Waals surface area contributed by atoms with Crippen LogP contribution in [-0.4, -0.2) is 12.2 Å². The van der Waals surface area contributed by atoms with Crippen molar-refractivity contribution in [1.82, 2.24) is 0 Å². The van der Waals surface area contributed by atoms with Crippen LogP contribution in [0.5, 0.6) is 5.75 Å². The first-order chi connectivity index (χ1) is 9.78. The molecule has 0 heterocycles. The zero-order valence-corrected chi connectivity index (χ0v) is 12.5. The summed E-state index contributed by atoms with van der Waals surface area (Å²) in [6, 6.07) is 7.39. The van der Waals surface area contributed by atoms with Gasteiger partial charge in [-0.25, -0.2) is 8.78 Å². The fraction of sp³-hybridized carbons (Fsp3) is 0.294. The van der Waals surface area contributed by atoms with Gasteiger partial charge in [0.2, 0.25) is 0 Å². The summed E-state index contributed by atoms with van der Waals surface area (Å²) in [6.07, 6.45) is 0. The van der Waals surface area contributed by atoms with E-state index in [0.717, 1.165) is 17.2 Å². The van der Waals surface area contributed by atoms with E-state index in [9.17, 15) is 13.9 Å². The molecule has 0 aliphatic carbocycles. The largest absolute Gasteiger partial charge is 0.496 e. The van der Waals surface area contributed by atoms with Crippen LogP contribution in [0.1, 0.15) is 29.2 Å². The molecule has 1 atom stereocenters. The standard InChI is InChI=1S/C17H18F2O2/c1-10-8-11(2)15(14(9-10)21-4)17(3,20)12-6-5-7-13(18)16(12)19/h5-9,20H,1-4H3. The zero-order chi connectivity index (χ0) is 15.8. The molecule has 0 saturated heterocycles. The lowest BCUT2D eigenvalue weighted by Crippen LogP contribution is -2.27. The molecule has 0 amide bonds. The van der Waals surface area contributed by atoms with Crippen LogP contribution in [-0.2, 0) is 5.60 Å². The van der Waals surface area contributed by atoms with Gasteiger partial charge < -0.3 is 9.84 Å². The molecule has 0 radical (unpaired) electrons. The van der Waals surface area contributed by atoms with Crippen LogP contribution < -0.4 is 4.74 Å². The number of ether oxygens (including phenoxy) is 1. The van der Waals surface area contributed by atoms with Gasteiger partial charge in [0.1, 0.15) is 11.4 Å². The van der Waals surface area contributed by atoms with Crippen molar-refractivity contribution in [3.63, 3.8) is 0 Å². The smallest absolute Gasteiger partial charge is 0.165 e. The molecule has 0 bridgehead atoms. The number of benzene rings is 2. The Labute approximate surface area is 123 Å². The first-order valence-corrected chi connectivity index (χ1v) is 6.61. The lowest BCUT2D eigenvalue weighted by Gasteiger charge is -2.29. The fourth-order valence-electron chi connectivity index (χ4n) is 2.73. The van der Waals surface area contributed by atoms with Gasteiger partial charge in [0.05, 0.1) is 7.11 Å². The van der Waals surface area contributed by atoms with E-state index in [1.165, 1.54) is 26.2 Å². The third-order valence-electron chi connectivity index (χ3n) is 3.63. The minimum absolute atomic E-state index is 0.118. The summed E-state index contributed by atoms with van der Waals surface area (Å²) in [5.41, 5.74) is 0.326. The normalized spacial score (nSPS) is 13.9. The van der Waals surface area contributed by atoms with Gasteiger partial charge in [-0.3, -0.25) is 0 Å². The summed E-state index contributed by atoms with van der Waals surface area (Å²) in [7, 11) is 1.48. The van der Waals surface area contributed by atoms with Crippen molar-refractivity contribution in [3.8, 4) is 5.75 Å². The highest BCUT2D eigenvalue weighted by atomic mass is 19.2. The van der Waals surface area contributed by atoms with Gasteiger partial charge in [0.15, 0.2) is 11.6 Å². The number of methoxy groups -OCH3 is 1. The molecule has 2 nitrogen and oxygen atoms in total. The molecule has 112 valence electrons. The Morgan fingerprint density at radius 1 is 1.14 bits per heavy atom. The second kappa shape index (κ2) is 5.45. The fourth-order valence-corrected chi connectivity index (χ4v) is 2.73. The van der Waals surface area contributed by atoms with Gasteiger partial charge in [0, 0.05) is 11.1 Å². The third-order valence-corrected chi connectivity index (χ3v) is 3.63. The maximum Gasteiger partial charge on any atom is 0.165 e. The van der Waals surface area contributed by atoms with E-state index in [1.807, 2.05) is 13.0 Å². The van der Waals surface area contributed by atoms with Crippen molar-refractivity contribution in [2.24, 2.45) is 0 Å². The maximum absolute atomic E-state index is 14.1. The van der Waals surface area contributed by atoms with E-state index in [-0.39, 0.29) is 5.56 Å². The Bertz CT molecular complexity index is 679. The second-order valence-corrected chi connectivity index (χ2v) is 5.33. The van der Waals surface area contributed by atoms with Gasteiger partial charge in [-0.15, -0.1) is 0 Å². The van der Waals surface area contributed by atoms with Crippen molar-refractivity contribution in [2.45, 2.75) is 26.4 Å².